The lowest BCUT2D eigenvalue weighted by Crippen LogP contribution is -2.41. The SMILES string of the molecule is COc1ccc(OC2COCCN(C(=O)CC(C)(C)C)C2)cc1. The van der Waals surface area contributed by atoms with E-state index in [-0.39, 0.29) is 17.4 Å². The molecule has 23 heavy (non-hydrogen) atoms. The van der Waals surface area contributed by atoms with Gasteiger partial charge in [-0.3, -0.25) is 4.79 Å². The molecule has 0 saturated carbocycles. The van der Waals surface area contributed by atoms with Gasteiger partial charge in [-0.05, 0) is 29.7 Å². The van der Waals surface area contributed by atoms with Gasteiger partial charge in [0.25, 0.3) is 0 Å². The number of nitrogens with zero attached hydrogens (tertiary/aromatic N) is 1. The Labute approximate surface area is 138 Å². The summed E-state index contributed by atoms with van der Waals surface area (Å²) < 4.78 is 16.7. The van der Waals surface area contributed by atoms with Gasteiger partial charge in [0.05, 0.1) is 26.9 Å². The van der Waals surface area contributed by atoms with Crippen molar-refractivity contribution < 1.29 is 19.0 Å². The average Bonchev–Trinajstić information content (AvgIpc) is 2.72. The molecule has 0 N–H and O–H groups in total. The molecule has 0 spiro atoms. The maximum Gasteiger partial charge on any atom is 0.223 e. The van der Waals surface area contributed by atoms with Gasteiger partial charge in [0.2, 0.25) is 5.91 Å². The first-order valence-electron chi connectivity index (χ1n) is 8.03. The van der Waals surface area contributed by atoms with Crippen molar-refractivity contribution >= 4 is 5.91 Å². The summed E-state index contributed by atoms with van der Waals surface area (Å²) in [5.74, 6) is 1.70. The van der Waals surface area contributed by atoms with Crippen LogP contribution in [0.4, 0.5) is 0 Å². The average molecular weight is 321 g/mol. The molecule has 1 saturated heterocycles. The van der Waals surface area contributed by atoms with Crippen molar-refractivity contribution in [1.29, 1.82) is 0 Å². The lowest BCUT2D eigenvalue weighted by molar-refractivity contribution is -0.133. The van der Waals surface area contributed by atoms with E-state index < -0.39 is 0 Å². The summed E-state index contributed by atoms with van der Waals surface area (Å²) >= 11 is 0. The van der Waals surface area contributed by atoms with Crippen molar-refractivity contribution in [3.8, 4) is 11.5 Å². The first-order chi connectivity index (χ1) is 10.9. The van der Waals surface area contributed by atoms with Crippen LogP contribution in [0, 0.1) is 5.41 Å². The lowest BCUT2D eigenvalue weighted by Gasteiger charge is -2.27. The van der Waals surface area contributed by atoms with Crippen LogP contribution < -0.4 is 9.47 Å². The van der Waals surface area contributed by atoms with Crippen molar-refractivity contribution in [2.75, 3.05) is 33.4 Å². The molecule has 5 nitrogen and oxygen atoms in total. The molecule has 1 aliphatic heterocycles. The van der Waals surface area contributed by atoms with E-state index in [2.05, 4.69) is 20.8 Å². The minimum absolute atomic E-state index is 0.0173. The molecule has 0 radical (unpaired) electrons. The first-order valence-corrected chi connectivity index (χ1v) is 8.03. The van der Waals surface area contributed by atoms with Gasteiger partial charge in [-0.1, -0.05) is 20.8 Å². The standard InChI is InChI=1S/C18H27NO4/c1-18(2,3)11-17(20)19-9-10-22-13-16(12-19)23-15-7-5-14(21-4)6-8-15/h5-8,16H,9-13H2,1-4H3. The molecule has 1 unspecified atom stereocenters. The minimum Gasteiger partial charge on any atom is -0.497 e. The Morgan fingerprint density at radius 2 is 1.91 bits per heavy atom. The molecular formula is C18H27NO4. The molecule has 1 aromatic carbocycles. The molecule has 1 aromatic rings. The number of carbonyl (C=O) groups is 1. The summed E-state index contributed by atoms with van der Waals surface area (Å²) in [4.78, 5) is 14.3. The van der Waals surface area contributed by atoms with Crippen LogP contribution in [0.25, 0.3) is 0 Å². The van der Waals surface area contributed by atoms with Crippen LogP contribution >= 0.6 is 0 Å². The number of ether oxygens (including phenoxy) is 3. The normalized spacial score (nSPS) is 19.1. The largest absolute Gasteiger partial charge is 0.497 e. The first kappa shape index (κ1) is 17.6. The molecule has 0 aliphatic carbocycles. The smallest absolute Gasteiger partial charge is 0.223 e. The second-order valence-electron chi connectivity index (χ2n) is 7.07. The van der Waals surface area contributed by atoms with Crippen LogP contribution in [0.5, 0.6) is 11.5 Å². The Morgan fingerprint density at radius 1 is 1.26 bits per heavy atom. The Hall–Kier alpha value is -1.75. The maximum absolute atomic E-state index is 12.4. The van der Waals surface area contributed by atoms with Crippen molar-refractivity contribution in [1.82, 2.24) is 4.90 Å². The molecule has 0 bridgehead atoms. The maximum atomic E-state index is 12.4. The third-order valence-corrected chi connectivity index (χ3v) is 3.63. The quantitative estimate of drug-likeness (QED) is 0.855. The zero-order chi connectivity index (χ0) is 16.9. The van der Waals surface area contributed by atoms with Crippen molar-refractivity contribution in [3.63, 3.8) is 0 Å². The predicted molar refractivity (Wildman–Crippen MR) is 88.9 cm³/mol. The van der Waals surface area contributed by atoms with Crippen LogP contribution in [0.3, 0.4) is 0 Å². The zero-order valence-corrected chi connectivity index (χ0v) is 14.5. The fourth-order valence-electron chi connectivity index (χ4n) is 2.49. The number of amides is 1. The molecule has 0 aromatic heterocycles. The van der Waals surface area contributed by atoms with Gasteiger partial charge in [-0.2, -0.15) is 0 Å². The van der Waals surface area contributed by atoms with Crippen LogP contribution in [-0.2, 0) is 9.53 Å². The fourth-order valence-corrected chi connectivity index (χ4v) is 2.49. The topological polar surface area (TPSA) is 48.0 Å². The van der Waals surface area contributed by atoms with Crippen molar-refractivity contribution in [3.05, 3.63) is 24.3 Å². The Balaban J connectivity index is 1.97. The fraction of sp³-hybridized carbons (Fsp3) is 0.611. The van der Waals surface area contributed by atoms with Crippen LogP contribution in [0.2, 0.25) is 0 Å². The Bertz CT molecular complexity index is 507. The van der Waals surface area contributed by atoms with Gasteiger partial charge < -0.3 is 19.1 Å². The highest BCUT2D eigenvalue weighted by Gasteiger charge is 2.26. The minimum atomic E-state index is -0.158. The highest BCUT2D eigenvalue weighted by Crippen LogP contribution is 2.22. The number of methoxy groups -OCH3 is 1. The van der Waals surface area contributed by atoms with E-state index in [1.165, 1.54) is 0 Å². The number of carbonyl (C=O) groups excluding carboxylic acids is 1. The van der Waals surface area contributed by atoms with Gasteiger partial charge in [0.15, 0.2) is 0 Å². The van der Waals surface area contributed by atoms with Gasteiger partial charge in [-0.25, -0.2) is 0 Å². The van der Waals surface area contributed by atoms with E-state index in [0.717, 1.165) is 11.5 Å². The van der Waals surface area contributed by atoms with E-state index in [0.29, 0.717) is 32.7 Å². The van der Waals surface area contributed by atoms with E-state index >= 15 is 0 Å². The summed E-state index contributed by atoms with van der Waals surface area (Å²) in [5, 5.41) is 0. The number of hydrogen-bond acceptors (Lipinski definition) is 4. The molecular weight excluding hydrogens is 294 g/mol. The van der Waals surface area contributed by atoms with Gasteiger partial charge in [0.1, 0.15) is 17.6 Å². The summed E-state index contributed by atoms with van der Waals surface area (Å²) in [6.45, 7) is 8.45. The van der Waals surface area contributed by atoms with Crippen molar-refractivity contribution in [2.45, 2.75) is 33.3 Å². The highest BCUT2D eigenvalue weighted by atomic mass is 16.5. The van der Waals surface area contributed by atoms with Gasteiger partial charge in [-0.15, -0.1) is 0 Å². The third-order valence-electron chi connectivity index (χ3n) is 3.63. The predicted octanol–water partition coefficient (Wildman–Crippen LogP) is 2.74. The summed E-state index contributed by atoms with van der Waals surface area (Å²) in [6.07, 6.45) is 0.372. The molecule has 1 aliphatic rings. The third kappa shape index (κ3) is 5.75. The number of benzene rings is 1. The summed E-state index contributed by atoms with van der Waals surface area (Å²) in [6, 6.07) is 7.45. The molecule has 1 fully saturated rings. The van der Waals surface area contributed by atoms with Crippen molar-refractivity contribution in [2.24, 2.45) is 5.41 Å². The number of hydrogen-bond donors (Lipinski definition) is 0. The molecule has 1 amide bonds. The Morgan fingerprint density at radius 3 is 2.52 bits per heavy atom. The summed E-state index contributed by atoms with van der Waals surface area (Å²) in [5.41, 5.74) is -0.0173. The molecule has 1 atom stereocenters. The van der Waals surface area contributed by atoms with E-state index in [4.69, 9.17) is 14.2 Å². The second kappa shape index (κ2) is 7.68. The van der Waals surface area contributed by atoms with E-state index in [1.54, 1.807) is 7.11 Å². The molecule has 5 heteroatoms. The molecule has 1 heterocycles. The van der Waals surface area contributed by atoms with E-state index in [9.17, 15) is 4.79 Å². The monoisotopic (exact) mass is 321 g/mol. The van der Waals surface area contributed by atoms with E-state index in [1.807, 2.05) is 29.2 Å². The highest BCUT2D eigenvalue weighted by molar-refractivity contribution is 5.76. The molecule has 2 rings (SSSR count). The van der Waals surface area contributed by atoms with Crippen LogP contribution in [0.15, 0.2) is 24.3 Å². The Kier molecular flexibility index (Phi) is 5.88. The van der Waals surface area contributed by atoms with Gasteiger partial charge >= 0.3 is 0 Å². The second-order valence-corrected chi connectivity index (χ2v) is 7.07. The lowest BCUT2D eigenvalue weighted by atomic mass is 9.91. The van der Waals surface area contributed by atoms with Gasteiger partial charge in [0, 0.05) is 13.0 Å². The zero-order valence-electron chi connectivity index (χ0n) is 14.5. The van der Waals surface area contributed by atoms with Crippen LogP contribution in [-0.4, -0.2) is 50.3 Å². The molecule has 128 valence electrons. The van der Waals surface area contributed by atoms with Crippen LogP contribution in [0.1, 0.15) is 27.2 Å². The summed E-state index contributed by atoms with van der Waals surface area (Å²) in [7, 11) is 1.63. The number of rotatable bonds is 4.